The Kier molecular flexibility index (Phi) is 6.00. The molecule has 4 nitrogen and oxygen atoms in total. The van der Waals surface area contributed by atoms with Gasteiger partial charge < -0.3 is 10.6 Å². The van der Waals surface area contributed by atoms with Gasteiger partial charge in [0.15, 0.2) is 6.54 Å². The first-order chi connectivity index (χ1) is 11.0. The highest BCUT2D eigenvalue weighted by atomic mass is 35.5. The molecule has 118 valence electrons. The van der Waals surface area contributed by atoms with Crippen molar-refractivity contribution in [3.63, 3.8) is 0 Å². The van der Waals surface area contributed by atoms with E-state index in [9.17, 15) is 4.79 Å². The van der Waals surface area contributed by atoms with Crippen LogP contribution < -0.4 is 10.6 Å². The predicted molar refractivity (Wildman–Crippen MR) is 91.5 cm³/mol. The number of hydrogen-bond donors (Lipinski definition) is 2. The van der Waals surface area contributed by atoms with Gasteiger partial charge in [-0.1, -0.05) is 35.3 Å². The van der Waals surface area contributed by atoms with Gasteiger partial charge in [0.05, 0.1) is 16.7 Å². The summed E-state index contributed by atoms with van der Waals surface area (Å²) >= 11 is 12.0. The summed E-state index contributed by atoms with van der Waals surface area (Å²) in [5.74, 6) is -0.142. The number of nitrogens with zero attached hydrogens (tertiary/aromatic N) is 1. The van der Waals surface area contributed by atoms with Gasteiger partial charge in [0, 0.05) is 16.3 Å². The first kappa shape index (κ1) is 17.3. The average Bonchev–Trinajstić information content (AvgIpc) is 2.53. The molecule has 6 heteroatoms. The van der Waals surface area contributed by atoms with Crippen LogP contribution in [0.5, 0.6) is 0 Å². The molecule has 0 aliphatic heterocycles. The van der Waals surface area contributed by atoms with Crippen molar-refractivity contribution in [2.24, 2.45) is 0 Å². The van der Waals surface area contributed by atoms with E-state index >= 15 is 0 Å². The molecule has 0 aliphatic rings. The number of nitrogens with one attached hydrogen (secondary N) is 1. The van der Waals surface area contributed by atoms with Gasteiger partial charge in [-0.2, -0.15) is 5.26 Å². The lowest BCUT2D eigenvalue weighted by atomic mass is 10.1. The fraction of sp³-hybridized carbons (Fsp3) is 0.176. The SMILES string of the molecule is C[C@@H]([NH2+]CC(=O)Nc1cccc(C#N)c1)c1ccc(Cl)cc1Cl. The first-order valence-corrected chi connectivity index (χ1v) is 7.83. The first-order valence-electron chi connectivity index (χ1n) is 7.08. The molecule has 0 heterocycles. The molecule has 1 amide bonds. The quantitative estimate of drug-likeness (QED) is 0.871. The minimum Gasteiger partial charge on any atom is -0.332 e. The van der Waals surface area contributed by atoms with Crippen molar-refractivity contribution >= 4 is 34.8 Å². The molecular weight excluding hydrogens is 333 g/mol. The van der Waals surface area contributed by atoms with E-state index in [1.165, 1.54) is 0 Å². The highest BCUT2D eigenvalue weighted by Gasteiger charge is 2.15. The highest BCUT2D eigenvalue weighted by molar-refractivity contribution is 6.35. The smallest absolute Gasteiger partial charge is 0.279 e. The van der Waals surface area contributed by atoms with Crippen molar-refractivity contribution in [2.45, 2.75) is 13.0 Å². The third kappa shape index (κ3) is 4.97. The largest absolute Gasteiger partial charge is 0.332 e. The maximum atomic E-state index is 12.0. The number of rotatable bonds is 5. The summed E-state index contributed by atoms with van der Waals surface area (Å²) in [6.07, 6.45) is 0. The Balaban J connectivity index is 1.92. The molecule has 2 rings (SSSR count). The zero-order chi connectivity index (χ0) is 16.8. The summed E-state index contributed by atoms with van der Waals surface area (Å²) in [4.78, 5) is 12.0. The molecule has 3 N–H and O–H groups in total. The fourth-order valence-corrected chi connectivity index (χ4v) is 2.74. The molecule has 0 aromatic heterocycles. The lowest BCUT2D eigenvalue weighted by Crippen LogP contribution is -2.86. The zero-order valence-corrected chi connectivity index (χ0v) is 14.0. The average molecular weight is 349 g/mol. The predicted octanol–water partition coefficient (Wildman–Crippen LogP) is 3.13. The fourth-order valence-electron chi connectivity index (χ4n) is 2.16. The minimum atomic E-state index is -0.142. The highest BCUT2D eigenvalue weighted by Crippen LogP contribution is 2.24. The van der Waals surface area contributed by atoms with Crippen molar-refractivity contribution in [3.8, 4) is 6.07 Å². The molecule has 0 bridgehead atoms. The van der Waals surface area contributed by atoms with E-state index in [4.69, 9.17) is 28.5 Å². The van der Waals surface area contributed by atoms with Crippen LogP contribution >= 0.6 is 23.2 Å². The lowest BCUT2D eigenvalue weighted by molar-refractivity contribution is -0.682. The summed E-state index contributed by atoms with van der Waals surface area (Å²) in [7, 11) is 0. The number of nitrogens with two attached hydrogens (primary N) is 1. The van der Waals surface area contributed by atoms with Crippen LogP contribution in [-0.2, 0) is 4.79 Å². The Morgan fingerprint density at radius 2 is 2.09 bits per heavy atom. The molecule has 2 aromatic carbocycles. The number of benzene rings is 2. The topological polar surface area (TPSA) is 69.5 Å². The summed E-state index contributed by atoms with van der Waals surface area (Å²) < 4.78 is 0. The molecule has 0 spiro atoms. The maximum Gasteiger partial charge on any atom is 0.279 e. The van der Waals surface area contributed by atoms with Crippen molar-refractivity contribution in [2.75, 3.05) is 11.9 Å². The normalized spacial score (nSPS) is 11.6. The van der Waals surface area contributed by atoms with Gasteiger partial charge in [0.2, 0.25) is 0 Å². The van der Waals surface area contributed by atoms with E-state index in [-0.39, 0.29) is 18.5 Å². The standard InChI is InChI=1S/C17H15Cl2N3O/c1-11(15-6-5-13(18)8-16(15)19)21-10-17(23)22-14-4-2-3-12(7-14)9-20/h2-8,11,21H,10H2,1H3,(H,22,23)/p+1/t11-/m1/s1. The van der Waals surface area contributed by atoms with Crippen LogP contribution in [0.15, 0.2) is 42.5 Å². The molecule has 0 radical (unpaired) electrons. The van der Waals surface area contributed by atoms with Crippen molar-refractivity contribution in [1.29, 1.82) is 5.26 Å². The zero-order valence-electron chi connectivity index (χ0n) is 12.5. The second-order valence-electron chi connectivity index (χ2n) is 5.14. The van der Waals surface area contributed by atoms with E-state index in [1.54, 1.807) is 36.4 Å². The maximum absolute atomic E-state index is 12.0. The summed E-state index contributed by atoms with van der Waals surface area (Å²) in [6.45, 7) is 2.22. The molecule has 2 aromatic rings. The van der Waals surface area contributed by atoms with E-state index in [0.717, 1.165) is 5.56 Å². The molecular formula is C17H16Cl2N3O+. The summed E-state index contributed by atoms with van der Waals surface area (Å²) in [6, 6.07) is 14.2. The molecule has 0 unspecified atom stereocenters. The van der Waals surface area contributed by atoms with Crippen LogP contribution in [0.3, 0.4) is 0 Å². The van der Waals surface area contributed by atoms with Crippen LogP contribution in [0.1, 0.15) is 24.1 Å². The monoisotopic (exact) mass is 348 g/mol. The Hall–Kier alpha value is -2.06. The third-order valence-electron chi connectivity index (χ3n) is 3.39. The van der Waals surface area contributed by atoms with Gasteiger partial charge in [-0.3, -0.25) is 4.79 Å². The Bertz CT molecular complexity index is 756. The summed E-state index contributed by atoms with van der Waals surface area (Å²) in [5, 5.41) is 14.7. The van der Waals surface area contributed by atoms with Gasteiger partial charge in [0.25, 0.3) is 5.91 Å². The number of nitriles is 1. The van der Waals surface area contributed by atoms with Crippen LogP contribution in [0, 0.1) is 11.3 Å². The van der Waals surface area contributed by atoms with Gasteiger partial charge in [0.1, 0.15) is 6.04 Å². The van der Waals surface area contributed by atoms with E-state index in [1.807, 2.05) is 24.4 Å². The van der Waals surface area contributed by atoms with Crippen LogP contribution in [0.25, 0.3) is 0 Å². The number of halogens is 2. The number of quaternary nitrogens is 1. The number of carbonyl (C=O) groups is 1. The minimum absolute atomic E-state index is 0.0240. The van der Waals surface area contributed by atoms with Gasteiger partial charge in [-0.15, -0.1) is 0 Å². The lowest BCUT2D eigenvalue weighted by Gasteiger charge is -2.13. The third-order valence-corrected chi connectivity index (χ3v) is 3.95. The second kappa shape index (κ2) is 7.98. The molecule has 0 saturated heterocycles. The van der Waals surface area contributed by atoms with Crippen molar-refractivity contribution in [1.82, 2.24) is 0 Å². The Morgan fingerprint density at radius 1 is 1.30 bits per heavy atom. The van der Waals surface area contributed by atoms with E-state index < -0.39 is 0 Å². The van der Waals surface area contributed by atoms with Crippen LogP contribution in [0.2, 0.25) is 10.0 Å². The second-order valence-corrected chi connectivity index (χ2v) is 5.98. The van der Waals surface area contributed by atoms with Gasteiger partial charge in [-0.05, 0) is 37.3 Å². The van der Waals surface area contributed by atoms with E-state index in [0.29, 0.717) is 21.3 Å². The molecule has 0 saturated carbocycles. The van der Waals surface area contributed by atoms with Gasteiger partial charge in [-0.25, -0.2) is 0 Å². The Labute approximate surface area is 145 Å². The number of anilines is 1. The summed E-state index contributed by atoms with van der Waals surface area (Å²) in [5.41, 5.74) is 2.04. The molecule has 1 atom stereocenters. The molecule has 23 heavy (non-hydrogen) atoms. The molecule has 0 fully saturated rings. The number of carbonyl (C=O) groups excluding carboxylic acids is 1. The van der Waals surface area contributed by atoms with E-state index in [2.05, 4.69) is 5.32 Å². The number of amides is 1. The molecule has 0 aliphatic carbocycles. The van der Waals surface area contributed by atoms with Crippen molar-refractivity contribution in [3.05, 3.63) is 63.6 Å². The van der Waals surface area contributed by atoms with Crippen LogP contribution in [0.4, 0.5) is 5.69 Å². The number of hydrogen-bond acceptors (Lipinski definition) is 2. The Morgan fingerprint density at radius 3 is 2.78 bits per heavy atom. The van der Waals surface area contributed by atoms with Crippen LogP contribution in [-0.4, -0.2) is 12.5 Å². The van der Waals surface area contributed by atoms with Gasteiger partial charge >= 0.3 is 0 Å². The van der Waals surface area contributed by atoms with Crippen molar-refractivity contribution < 1.29 is 10.1 Å².